The SMILES string of the molecule is CCCCC(CC)C(=O)O.O=C(O)C=Cc1ccccc1.OCC(O)CO. The van der Waals surface area contributed by atoms with E-state index in [0.29, 0.717) is 0 Å². The summed E-state index contributed by atoms with van der Waals surface area (Å²) >= 11 is 0. The molecule has 5 N–H and O–H groups in total. The van der Waals surface area contributed by atoms with Crippen LogP contribution in [0.2, 0.25) is 0 Å². The summed E-state index contributed by atoms with van der Waals surface area (Å²) in [6.45, 7) is 3.27. The van der Waals surface area contributed by atoms with Gasteiger partial charge in [0.1, 0.15) is 6.10 Å². The Morgan fingerprint density at radius 1 is 1.04 bits per heavy atom. The lowest BCUT2D eigenvalue weighted by molar-refractivity contribution is -0.142. The fraction of sp³-hybridized carbons (Fsp3) is 0.500. The van der Waals surface area contributed by atoms with Crippen LogP contribution in [0.1, 0.15) is 45.1 Å². The minimum Gasteiger partial charge on any atom is -0.481 e. The highest BCUT2D eigenvalue weighted by Gasteiger charge is 2.12. The Bertz CT molecular complexity index is 510. The maximum atomic E-state index is 10.4. The van der Waals surface area contributed by atoms with Crippen molar-refractivity contribution >= 4 is 18.0 Å². The zero-order valence-corrected chi connectivity index (χ0v) is 16.0. The second-order valence-electron chi connectivity index (χ2n) is 5.69. The van der Waals surface area contributed by atoms with Gasteiger partial charge in [-0.25, -0.2) is 4.79 Å². The first-order chi connectivity index (χ1) is 12.8. The molecule has 7 heteroatoms. The second-order valence-corrected chi connectivity index (χ2v) is 5.69. The Labute approximate surface area is 160 Å². The number of hydrogen-bond donors (Lipinski definition) is 5. The highest BCUT2D eigenvalue weighted by molar-refractivity contribution is 5.85. The first-order valence-corrected chi connectivity index (χ1v) is 8.90. The van der Waals surface area contributed by atoms with Crippen LogP contribution in [0, 0.1) is 5.92 Å². The molecule has 7 nitrogen and oxygen atoms in total. The van der Waals surface area contributed by atoms with Crippen LogP contribution in [0.4, 0.5) is 0 Å². The van der Waals surface area contributed by atoms with Gasteiger partial charge in [0.25, 0.3) is 0 Å². The number of carboxylic acids is 2. The van der Waals surface area contributed by atoms with Crippen LogP contribution in [0.5, 0.6) is 0 Å². The molecule has 0 heterocycles. The third-order valence-electron chi connectivity index (χ3n) is 3.39. The van der Waals surface area contributed by atoms with Gasteiger partial charge >= 0.3 is 11.9 Å². The number of rotatable bonds is 9. The molecule has 154 valence electrons. The monoisotopic (exact) mass is 384 g/mol. The van der Waals surface area contributed by atoms with Crippen LogP contribution < -0.4 is 0 Å². The molecule has 0 spiro atoms. The number of aliphatic hydroxyl groups excluding tert-OH is 3. The number of carboxylic acid groups (broad SMARTS) is 2. The van der Waals surface area contributed by atoms with Crippen LogP contribution in [0.3, 0.4) is 0 Å². The van der Waals surface area contributed by atoms with Crippen molar-refractivity contribution in [2.75, 3.05) is 13.2 Å². The Hall–Kier alpha value is -2.22. The molecule has 0 radical (unpaired) electrons. The normalized spacial score (nSPS) is 11.2. The van der Waals surface area contributed by atoms with Crippen molar-refractivity contribution in [1.29, 1.82) is 0 Å². The van der Waals surface area contributed by atoms with E-state index in [-0.39, 0.29) is 19.1 Å². The summed E-state index contributed by atoms with van der Waals surface area (Å²) in [7, 11) is 0. The molecule has 1 atom stereocenters. The summed E-state index contributed by atoms with van der Waals surface area (Å²) in [5.74, 6) is -1.68. The molecule has 0 aliphatic heterocycles. The quantitative estimate of drug-likeness (QED) is 0.413. The fourth-order valence-corrected chi connectivity index (χ4v) is 1.74. The van der Waals surface area contributed by atoms with E-state index in [2.05, 4.69) is 6.92 Å². The van der Waals surface area contributed by atoms with Gasteiger partial charge in [0.15, 0.2) is 0 Å². The molecule has 0 aliphatic carbocycles. The van der Waals surface area contributed by atoms with Crippen molar-refractivity contribution in [3.8, 4) is 0 Å². The minimum atomic E-state index is -0.954. The second kappa shape index (κ2) is 18.6. The van der Waals surface area contributed by atoms with Crippen molar-refractivity contribution < 1.29 is 35.1 Å². The van der Waals surface area contributed by atoms with Gasteiger partial charge in [-0.05, 0) is 24.5 Å². The van der Waals surface area contributed by atoms with Crippen molar-refractivity contribution in [3.05, 3.63) is 42.0 Å². The van der Waals surface area contributed by atoms with Crippen molar-refractivity contribution in [1.82, 2.24) is 0 Å². The number of unbranched alkanes of at least 4 members (excludes halogenated alkanes) is 1. The Balaban J connectivity index is 0. The largest absolute Gasteiger partial charge is 0.481 e. The van der Waals surface area contributed by atoms with Crippen LogP contribution in [0.15, 0.2) is 36.4 Å². The molecule has 0 fully saturated rings. The van der Waals surface area contributed by atoms with E-state index in [1.54, 1.807) is 6.08 Å². The van der Waals surface area contributed by atoms with Crippen LogP contribution in [-0.4, -0.2) is 56.8 Å². The van der Waals surface area contributed by atoms with Crippen molar-refractivity contribution in [2.24, 2.45) is 5.92 Å². The highest BCUT2D eigenvalue weighted by Crippen LogP contribution is 2.11. The van der Waals surface area contributed by atoms with E-state index in [9.17, 15) is 9.59 Å². The summed E-state index contributed by atoms with van der Waals surface area (Å²) in [5, 5.41) is 40.9. The predicted octanol–water partition coefficient (Wildman–Crippen LogP) is 2.40. The molecule has 0 saturated heterocycles. The standard InChI is InChI=1S/C9H8O2.C8H16O2.C3H8O3/c10-9(11)7-6-8-4-2-1-3-5-8;1-3-5-6-7(4-2)8(9)10;4-1-3(6)2-5/h1-7H,(H,10,11);7H,3-6H2,1-2H3,(H,9,10);3-6H,1-2H2. The fourth-order valence-electron chi connectivity index (χ4n) is 1.74. The molecular formula is C20H32O7. The Kier molecular flexibility index (Phi) is 18.6. The van der Waals surface area contributed by atoms with E-state index in [1.165, 1.54) is 0 Å². The van der Waals surface area contributed by atoms with E-state index in [1.807, 2.05) is 37.3 Å². The van der Waals surface area contributed by atoms with Crippen LogP contribution in [-0.2, 0) is 9.59 Å². The van der Waals surface area contributed by atoms with E-state index in [4.69, 9.17) is 25.5 Å². The van der Waals surface area contributed by atoms with Crippen LogP contribution >= 0.6 is 0 Å². The first-order valence-electron chi connectivity index (χ1n) is 8.90. The average molecular weight is 384 g/mol. The molecule has 0 saturated carbocycles. The number of aliphatic hydroxyl groups is 3. The van der Waals surface area contributed by atoms with E-state index in [0.717, 1.165) is 37.3 Å². The lowest BCUT2D eigenvalue weighted by atomic mass is 10.00. The van der Waals surface area contributed by atoms with Crippen molar-refractivity contribution in [3.63, 3.8) is 0 Å². The smallest absolute Gasteiger partial charge is 0.328 e. The summed E-state index contributed by atoms with van der Waals surface area (Å²) in [6, 6.07) is 9.31. The average Bonchev–Trinajstić information content (AvgIpc) is 2.68. The third-order valence-corrected chi connectivity index (χ3v) is 3.39. The van der Waals surface area contributed by atoms with Gasteiger partial charge in [0, 0.05) is 6.08 Å². The molecule has 0 amide bonds. The van der Waals surface area contributed by atoms with Gasteiger partial charge in [-0.3, -0.25) is 4.79 Å². The molecule has 0 aliphatic rings. The lowest BCUT2D eigenvalue weighted by Crippen LogP contribution is -2.15. The Morgan fingerprint density at radius 2 is 1.59 bits per heavy atom. The minimum absolute atomic E-state index is 0.111. The zero-order chi connectivity index (χ0) is 21.1. The van der Waals surface area contributed by atoms with Crippen LogP contribution in [0.25, 0.3) is 6.08 Å². The summed E-state index contributed by atoms with van der Waals surface area (Å²) in [6.07, 6.45) is 5.44. The molecule has 27 heavy (non-hydrogen) atoms. The molecule has 1 unspecified atom stereocenters. The first kappa shape index (κ1) is 27.0. The maximum absolute atomic E-state index is 10.4. The topological polar surface area (TPSA) is 135 Å². The number of hydrogen-bond acceptors (Lipinski definition) is 5. The molecule has 1 aromatic carbocycles. The van der Waals surface area contributed by atoms with Gasteiger partial charge in [-0.15, -0.1) is 0 Å². The van der Waals surface area contributed by atoms with Gasteiger partial charge < -0.3 is 25.5 Å². The summed E-state index contributed by atoms with van der Waals surface area (Å²) in [4.78, 5) is 20.5. The molecular weight excluding hydrogens is 352 g/mol. The zero-order valence-electron chi connectivity index (χ0n) is 16.0. The van der Waals surface area contributed by atoms with Gasteiger partial charge in [0.05, 0.1) is 19.1 Å². The molecule has 0 aromatic heterocycles. The molecule has 1 rings (SSSR count). The van der Waals surface area contributed by atoms with Crippen molar-refractivity contribution in [2.45, 2.75) is 45.6 Å². The van der Waals surface area contributed by atoms with Gasteiger partial charge in [0.2, 0.25) is 0 Å². The number of carbonyl (C=O) groups is 2. The predicted molar refractivity (Wildman–Crippen MR) is 104 cm³/mol. The van der Waals surface area contributed by atoms with Gasteiger partial charge in [-0.1, -0.05) is 57.0 Å². The summed E-state index contributed by atoms with van der Waals surface area (Å²) in [5.41, 5.74) is 0.898. The number of benzene rings is 1. The highest BCUT2D eigenvalue weighted by atomic mass is 16.4. The van der Waals surface area contributed by atoms with E-state index < -0.39 is 18.0 Å². The molecule has 0 bridgehead atoms. The molecule has 1 aromatic rings. The van der Waals surface area contributed by atoms with E-state index >= 15 is 0 Å². The Morgan fingerprint density at radius 3 is 1.93 bits per heavy atom. The lowest BCUT2D eigenvalue weighted by Gasteiger charge is -2.06. The number of aliphatic carboxylic acids is 2. The maximum Gasteiger partial charge on any atom is 0.328 e. The summed E-state index contributed by atoms with van der Waals surface area (Å²) < 4.78 is 0. The third kappa shape index (κ3) is 18.4. The van der Waals surface area contributed by atoms with Gasteiger partial charge in [-0.2, -0.15) is 0 Å².